The van der Waals surface area contributed by atoms with Crippen LogP contribution in [-0.2, 0) is 20.7 Å². The Morgan fingerprint density at radius 1 is 1.16 bits per heavy atom. The summed E-state index contributed by atoms with van der Waals surface area (Å²) >= 11 is 5.85. The first-order valence-electron chi connectivity index (χ1n) is 10.1. The van der Waals surface area contributed by atoms with Crippen molar-refractivity contribution >= 4 is 40.9 Å². The van der Waals surface area contributed by atoms with Gasteiger partial charge in [0.25, 0.3) is 5.91 Å². The molecular formula is C22H25ClN4O4. The minimum Gasteiger partial charge on any atom is -0.469 e. The van der Waals surface area contributed by atoms with Crippen LogP contribution < -0.4 is 16.0 Å². The average molecular weight is 445 g/mol. The molecule has 0 radical (unpaired) electrons. The van der Waals surface area contributed by atoms with Gasteiger partial charge in [0, 0.05) is 18.5 Å². The maximum absolute atomic E-state index is 13.0. The molecule has 2 heterocycles. The second-order valence-electron chi connectivity index (χ2n) is 7.29. The third kappa shape index (κ3) is 6.50. The fourth-order valence-corrected chi connectivity index (χ4v) is 3.46. The van der Waals surface area contributed by atoms with E-state index in [2.05, 4.69) is 25.7 Å². The van der Waals surface area contributed by atoms with Gasteiger partial charge in [-0.05, 0) is 62.2 Å². The second kappa shape index (κ2) is 10.9. The number of hydrogen-bond acceptors (Lipinski definition) is 6. The van der Waals surface area contributed by atoms with Crippen LogP contribution in [0.5, 0.6) is 0 Å². The largest absolute Gasteiger partial charge is 0.469 e. The normalized spacial score (nSPS) is 14.0. The number of nitrogens with zero attached hydrogens (tertiary/aromatic N) is 1. The molecule has 8 nitrogen and oxygen atoms in total. The number of pyridine rings is 1. The maximum atomic E-state index is 13.0. The second-order valence-corrected chi connectivity index (χ2v) is 7.72. The fraction of sp³-hybridized carbons (Fsp3) is 0.364. The highest BCUT2D eigenvalue weighted by Crippen LogP contribution is 2.23. The maximum Gasteiger partial charge on any atom is 0.305 e. The van der Waals surface area contributed by atoms with Crippen molar-refractivity contribution in [2.75, 3.05) is 30.8 Å². The highest BCUT2D eigenvalue weighted by molar-refractivity contribution is 6.30. The van der Waals surface area contributed by atoms with Crippen LogP contribution >= 0.6 is 11.6 Å². The molecule has 1 aliphatic rings. The molecule has 1 saturated heterocycles. The monoisotopic (exact) mass is 444 g/mol. The number of benzene rings is 1. The minimum absolute atomic E-state index is 0.103. The smallest absolute Gasteiger partial charge is 0.305 e. The minimum atomic E-state index is -0.421. The van der Waals surface area contributed by atoms with Gasteiger partial charge in [-0.3, -0.25) is 14.4 Å². The first-order valence-corrected chi connectivity index (χ1v) is 10.5. The Morgan fingerprint density at radius 2 is 1.94 bits per heavy atom. The third-order valence-electron chi connectivity index (χ3n) is 5.11. The molecule has 1 fully saturated rings. The first-order chi connectivity index (χ1) is 15.0. The predicted molar refractivity (Wildman–Crippen MR) is 118 cm³/mol. The van der Waals surface area contributed by atoms with Crippen molar-refractivity contribution in [2.45, 2.75) is 25.7 Å². The highest BCUT2D eigenvalue weighted by atomic mass is 35.5. The number of ether oxygens (including phenoxy) is 1. The lowest BCUT2D eigenvalue weighted by molar-refractivity contribution is -0.140. The number of esters is 1. The quantitative estimate of drug-likeness (QED) is 0.566. The lowest BCUT2D eigenvalue weighted by Gasteiger charge is -2.22. The van der Waals surface area contributed by atoms with E-state index in [4.69, 9.17) is 11.6 Å². The summed E-state index contributed by atoms with van der Waals surface area (Å²) in [6, 6.07) is 8.37. The van der Waals surface area contributed by atoms with E-state index >= 15 is 0 Å². The van der Waals surface area contributed by atoms with Crippen LogP contribution in [0.1, 0.15) is 35.2 Å². The number of carbonyl (C=O) groups excluding carboxylic acids is 3. The summed E-state index contributed by atoms with van der Waals surface area (Å²) in [4.78, 5) is 41.3. The predicted octanol–water partition coefficient (Wildman–Crippen LogP) is 3.03. The van der Waals surface area contributed by atoms with Crippen molar-refractivity contribution in [1.29, 1.82) is 0 Å². The van der Waals surface area contributed by atoms with Crippen molar-refractivity contribution in [3.05, 3.63) is 52.7 Å². The number of rotatable bonds is 7. The zero-order valence-corrected chi connectivity index (χ0v) is 18.0. The number of piperidine rings is 1. The van der Waals surface area contributed by atoms with E-state index in [1.807, 2.05) is 0 Å². The summed E-state index contributed by atoms with van der Waals surface area (Å²) in [5, 5.41) is 9.31. The number of nitrogens with one attached hydrogen (secondary N) is 3. The van der Waals surface area contributed by atoms with Crippen LogP contribution in [0.4, 0.5) is 11.5 Å². The topological polar surface area (TPSA) is 109 Å². The van der Waals surface area contributed by atoms with Crippen molar-refractivity contribution < 1.29 is 19.1 Å². The standard InChI is InChI=1S/C22H25ClN4O4/c1-31-20(28)7-3-14-2-5-18(26-21(29)15-8-10-24-11-9-15)17(12-14)22(30)27-19-6-4-16(23)13-25-19/h2,4-6,12-13,15,24H,3,7-11H2,1H3,(H,26,29)(H,25,27,30). The molecule has 31 heavy (non-hydrogen) atoms. The number of hydrogen-bond donors (Lipinski definition) is 3. The Kier molecular flexibility index (Phi) is 7.97. The van der Waals surface area contributed by atoms with Gasteiger partial charge in [0.05, 0.1) is 23.4 Å². The third-order valence-corrected chi connectivity index (χ3v) is 5.33. The molecule has 3 rings (SSSR count). The van der Waals surface area contributed by atoms with Crippen LogP contribution in [-0.4, -0.2) is 43.0 Å². The average Bonchev–Trinajstić information content (AvgIpc) is 2.80. The summed E-state index contributed by atoms with van der Waals surface area (Å²) in [7, 11) is 1.33. The Morgan fingerprint density at radius 3 is 2.61 bits per heavy atom. The van der Waals surface area contributed by atoms with E-state index in [1.165, 1.54) is 13.3 Å². The van der Waals surface area contributed by atoms with Crippen molar-refractivity contribution in [2.24, 2.45) is 5.92 Å². The van der Waals surface area contributed by atoms with E-state index < -0.39 is 5.91 Å². The van der Waals surface area contributed by atoms with E-state index in [9.17, 15) is 14.4 Å². The van der Waals surface area contributed by atoms with E-state index in [0.717, 1.165) is 31.5 Å². The summed E-state index contributed by atoms with van der Waals surface area (Å²) in [6.07, 6.45) is 3.54. The van der Waals surface area contributed by atoms with Gasteiger partial charge < -0.3 is 20.7 Å². The number of carbonyl (C=O) groups is 3. The SMILES string of the molecule is COC(=O)CCc1ccc(NC(=O)C2CCNCC2)c(C(=O)Nc2ccc(Cl)cn2)c1. The molecule has 0 aliphatic carbocycles. The molecule has 164 valence electrons. The number of anilines is 2. The van der Waals surface area contributed by atoms with Gasteiger partial charge in [-0.1, -0.05) is 17.7 Å². The van der Waals surface area contributed by atoms with Crippen LogP contribution in [0, 0.1) is 5.92 Å². The first kappa shape index (κ1) is 22.7. The van der Waals surface area contributed by atoms with Gasteiger partial charge in [-0.25, -0.2) is 4.98 Å². The highest BCUT2D eigenvalue weighted by Gasteiger charge is 2.23. The Labute approximate surface area is 185 Å². The van der Waals surface area contributed by atoms with Gasteiger partial charge in [0.1, 0.15) is 5.82 Å². The Balaban J connectivity index is 1.81. The molecule has 3 N–H and O–H groups in total. The lowest BCUT2D eigenvalue weighted by Crippen LogP contribution is -2.35. The number of aromatic nitrogens is 1. The molecule has 0 unspecified atom stereocenters. The van der Waals surface area contributed by atoms with Crippen molar-refractivity contribution in [1.82, 2.24) is 10.3 Å². The molecular weight excluding hydrogens is 420 g/mol. The van der Waals surface area contributed by atoms with Gasteiger partial charge in [-0.15, -0.1) is 0 Å². The van der Waals surface area contributed by atoms with Crippen LogP contribution in [0.15, 0.2) is 36.5 Å². The van der Waals surface area contributed by atoms with Gasteiger partial charge in [-0.2, -0.15) is 0 Å². The van der Waals surface area contributed by atoms with Crippen molar-refractivity contribution in [3.8, 4) is 0 Å². The molecule has 0 saturated carbocycles. The van der Waals surface area contributed by atoms with Gasteiger partial charge >= 0.3 is 5.97 Å². The van der Waals surface area contributed by atoms with Gasteiger partial charge in [0.15, 0.2) is 0 Å². The van der Waals surface area contributed by atoms with Crippen LogP contribution in [0.2, 0.25) is 5.02 Å². The number of halogens is 1. The van der Waals surface area contributed by atoms with Crippen molar-refractivity contribution in [3.63, 3.8) is 0 Å². The lowest BCUT2D eigenvalue weighted by atomic mass is 9.96. The Bertz CT molecular complexity index is 943. The number of amides is 2. The molecule has 0 atom stereocenters. The van der Waals surface area contributed by atoms with Crippen LogP contribution in [0.3, 0.4) is 0 Å². The number of methoxy groups -OCH3 is 1. The number of aryl methyl sites for hydroxylation is 1. The van der Waals surface area contributed by atoms with Crippen LogP contribution in [0.25, 0.3) is 0 Å². The van der Waals surface area contributed by atoms with E-state index in [-0.39, 0.29) is 24.2 Å². The van der Waals surface area contributed by atoms with Gasteiger partial charge in [0.2, 0.25) is 5.91 Å². The summed E-state index contributed by atoms with van der Waals surface area (Å²) < 4.78 is 4.68. The molecule has 9 heteroatoms. The molecule has 0 spiro atoms. The Hall–Kier alpha value is -2.97. The zero-order valence-electron chi connectivity index (χ0n) is 17.2. The summed E-state index contributed by atoms with van der Waals surface area (Å²) in [5.41, 5.74) is 1.48. The zero-order chi connectivity index (χ0) is 22.2. The summed E-state index contributed by atoms with van der Waals surface area (Å²) in [6.45, 7) is 1.58. The molecule has 0 bridgehead atoms. The fourth-order valence-electron chi connectivity index (χ4n) is 3.34. The van der Waals surface area contributed by atoms with E-state index in [0.29, 0.717) is 28.5 Å². The van der Waals surface area contributed by atoms with E-state index in [1.54, 1.807) is 30.3 Å². The molecule has 2 aromatic rings. The molecule has 2 amide bonds. The molecule has 1 aromatic heterocycles. The molecule has 1 aromatic carbocycles. The summed E-state index contributed by atoms with van der Waals surface area (Å²) in [5.74, 6) is -0.628. The molecule has 1 aliphatic heterocycles.